The summed E-state index contributed by atoms with van der Waals surface area (Å²) >= 11 is 5.68. The summed E-state index contributed by atoms with van der Waals surface area (Å²) < 4.78 is 0. The Morgan fingerprint density at radius 1 is 0.958 bits per heavy atom. The molecule has 0 saturated carbocycles. The first kappa shape index (κ1) is 20.9. The third kappa shape index (κ3) is 8.62. The van der Waals surface area contributed by atoms with Crippen LogP contribution in [0.2, 0.25) is 0 Å². The summed E-state index contributed by atoms with van der Waals surface area (Å²) in [4.78, 5) is 5.30. The summed E-state index contributed by atoms with van der Waals surface area (Å²) in [7, 11) is 8.80. The molecule has 0 saturated heterocycles. The zero-order valence-corrected chi connectivity index (χ0v) is 16.9. The number of quaternary nitrogens is 2. The van der Waals surface area contributed by atoms with Crippen LogP contribution < -0.4 is 15.1 Å². The molecule has 0 radical (unpaired) electrons. The molecule has 0 spiro atoms. The molecular weight excluding hydrogens is 316 g/mol. The van der Waals surface area contributed by atoms with E-state index in [2.05, 4.69) is 69.6 Å². The van der Waals surface area contributed by atoms with Crippen molar-refractivity contribution in [2.75, 3.05) is 59.7 Å². The topological polar surface area (TPSA) is 24.2 Å². The monoisotopic (exact) mass is 352 g/mol. The normalized spacial score (nSPS) is 11.1. The summed E-state index contributed by atoms with van der Waals surface area (Å²) in [5, 5.41) is 4.26. The molecule has 3 N–H and O–H groups in total. The Bertz CT molecular complexity index is 457. The second-order valence-corrected chi connectivity index (χ2v) is 7.48. The first-order chi connectivity index (χ1) is 11.4. The summed E-state index contributed by atoms with van der Waals surface area (Å²) in [6.45, 7) is 6.56. The summed E-state index contributed by atoms with van der Waals surface area (Å²) in [5.41, 5.74) is 2.44. The van der Waals surface area contributed by atoms with Gasteiger partial charge in [0.15, 0.2) is 5.11 Å². The lowest BCUT2D eigenvalue weighted by molar-refractivity contribution is -0.858. The molecule has 5 heteroatoms. The van der Waals surface area contributed by atoms with E-state index in [-0.39, 0.29) is 0 Å². The van der Waals surface area contributed by atoms with Crippen molar-refractivity contribution in [2.45, 2.75) is 26.2 Å². The average molecular weight is 353 g/mol. The Labute approximate surface area is 153 Å². The molecule has 0 unspecified atom stereocenters. The number of benzene rings is 1. The Balaban J connectivity index is 2.58. The minimum atomic E-state index is 0.849. The molecule has 136 valence electrons. The molecule has 0 aliphatic heterocycles. The van der Waals surface area contributed by atoms with Crippen molar-refractivity contribution in [1.82, 2.24) is 4.90 Å². The van der Waals surface area contributed by atoms with Gasteiger partial charge in [-0.05, 0) is 36.3 Å². The lowest BCUT2D eigenvalue weighted by Gasteiger charge is -2.26. The van der Waals surface area contributed by atoms with Gasteiger partial charge in [0, 0.05) is 31.6 Å². The number of nitrogens with one attached hydrogen (secondary N) is 3. The number of anilines is 1. The molecule has 1 rings (SSSR count). The Morgan fingerprint density at radius 2 is 1.46 bits per heavy atom. The maximum Gasteiger partial charge on any atom is 0.173 e. The smallest absolute Gasteiger partial charge is 0.173 e. The highest BCUT2D eigenvalue weighted by Crippen LogP contribution is 2.11. The van der Waals surface area contributed by atoms with Crippen LogP contribution in [0.4, 0.5) is 5.69 Å². The van der Waals surface area contributed by atoms with E-state index in [4.69, 9.17) is 12.2 Å². The molecule has 0 aromatic heterocycles. The fraction of sp³-hybridized carbons (Fsp3) is 0.632. The van der Waals surface area contributed by atoms with E-state index in [1.807, 2.05) is 0 Å². The Morgan fingerprint density at radius 3 is 1.88 bits per heavy atom. The van der Waals surface area contributed by atoms with Crippen LogP contribution in [0.5, 0.6) is 0 Å². The molecule has 0 atom stereocenters. The van der Waals surface area contributed by atoms with Crippen LogP contribution in [0.15, 0.2) is 24.3 Å². The summed E-state index contributed by atoms with van der Waals surface area (Å²) in [6.07, 6.45) is 3.39. The number of thiocarbonyl (C=S) groups is 1. The lowest BCUT2D eigenvalue weighted by atomic mass is 10.1. The van der Waals surface area contributed by atoms with Gasteiger partial charge in [0.25, 0.3) is 0 Å². The molecule has 0 fully saturated rings. The second-order valence-electron chi connectivity index (χ2n) is 7.09. The van der Waals surface area contributed by atoms with Crippen LogP contribution in [-0.4, -0.2) is 64.4 Å². The van der Waals surface area contributed by atoms with Crippen LogP contribution >= 0.6 is 12.2 Å². The van der Waals surface area contributed by atoms with E-state index >= 15 is 0 Å². The molecular formula is C19H36N4S+2. The summed E-state index contributed by atoms with van der Waals surface area (Å²) in [6, 6.07) is 8.58. The van der Waals surface area contributed by atoms with E-state index in [9.17, 15) is 0 Å². The van der Waals surface area contributed by atoms with Gasteiger partial charge in [-0.25, -0.2) is 0 Å². The minimum Gasteiger partial charge on any atom is -0.349 e. The van der Waals surface area contributed by atoms with Gasteiger partial charge in [0.2, 0.25) is 0 Å². The van der Waals surface area contributed by atoms with E-state index < -0.39 is 0 Å². The third-order valence-corrected chi connectivity index (χ3v) is 4.47. The predicted molar refractivity (Wildman–Crippen MR) is 108 cm³/mol. The standard InChI is InChI=1S/C19H34N4S/c1-6-17-9-11-18(12-10-17)20-19(24)23(15-7-13-21(2)3)16-8-14-22(4)5/h9-12H,6-8,13-16H2,1-5H3,(H,20,24)/p+2. The highest BCUT2D eigenvalue weighted by Gasteiger charge is 2.11. The number of hydrogen-bond donors (Lipinski definition) is 3. The molecule has 4 nitrogen and oxygen atoms in total. The fourth-order valence-corrected chi connectivity index (χ4v) is 2.89. The van der Waals surface area contributed by atoms with Crippen molar-refractivity contribution in [2.24, 2.45) is 0 Å². The molecule has 0 heterocycles. The van der Waals surface area contributed by atoms with Crippen molar-refractivity contribution < 1.29 is 9.80 Å². The van der Waals surface area contributed by atoms with E-state index in [1.165, 1.54) is 28.5 Å². The van der Waals surface area contributed by atoms with Gasteiger partial charge in [0.05, 0.1) is 41.3 Å². The Kier molecular flexibility index (Phi) is 9.91. The van der Waals surface area contributed by atoms with Crippen molar-refractivity contribution in [3.8, 4) is 0 Å². The number of aryl methyl sites for hydroxylation is 1. The maximum absolute atomic E-state index is 5.68. The maximum atomic E-state index is 5.68. The quantitative estimate of drug-likeness (QED) is 0.529. The molecule has 0 bridgehead atoms. The van der Waals surface area contributed by atoms with Gasteiger partial charge in [-0.1, -0.05) is 19.1 Å². The van der Waals surface area contributed by atoms with Gasteiger partial charge in [-0.3, -0.25) is 0 Å². The first-order valence-electron chi connectivity index (χ1n) is 9.15. The zero-order chi connectivity index (χ0) is 17.9. The number of nitrogens with zero attached hydrogens (tertiary/aromatic N) is 1. The van der Waals surface area contributed by atoms with Gasteiger partial charge < -0.3 is 20.0 Å². The van der Waals surface area contributed by atoms with Crippen LogP contribution in [0.3, 0.4) is 0 Å². The first-order valence-corrected chi connectivity index (χ1v) is 9.56. The van der Waals surface area contributed by atoms with Gasteiger partial charge in [0.1, 0.15) is 0 Å². The largest absolute Gasteiger partial charge is 0.349 e. The van der Waals surface area contributed by atoms with Crippen molar-refractivity contribution >= 4 is 23.0 Å². The van der Waals surface area contributed by atoms with Gasteiger partial charge in [-0.2, -0.15) is 0 Å². The predicted octanol–water partition coefficient (Wildman–Crippen LogP) is 0.317. The molecule has 24 heavy (non-hydrogen) atoms. The van der Waals surface area contributed by atoms with Crippen LogP contribution in [-0.2, 0) is 6.42 Å². The van der Waals surface area contributed by atoms with Gasteiger partial charge in [-0.15, -0.1) is 0 Å². The van der Waals surface area contributed by atoms with Crippen molar-refractivity contribution in [3.05, 3.63) is 29.8 Å². The number of rotatable bonds is 10. The van der Waals surface area contributed by atoms with E-state index in [0.717, 1.165) is 43.2 Å². The molecule has 1 aromatic carbocycles. The molecule has 0 amide bonds. The average Bonchev–Trinajstić information content (AvgIpc) is 2.53. The highest BCUT2D eigenvalue weighted by atomic mass is 32.1. The molecule has 0 aliphatic carbocycles. The highest BCUT2D eigenvalue weighted by molar-refractivity contribution is 7.80. The molecule has 0 aliphatic rings. The van der Waals surface area contributed by atoms with Crippen LogP contribution in [0.1, 0.15) is 25.3 Å². The zero-order valence-electron chi connectivity index (χ0n) is 16.1. The van der Waals surface area contributed by atoms with E-state index in [0.29, 0.717) is 0 Å². The second kappa shape index (κ2) is 11.4. The lowest BCUT2D eigenvalue weighted by Crippen LogP contribution is -3.05. The fourth-order valence-electron chi connectivity index (χ4n) is 2.59. The van der Waals surface area contributed by atoms with Crippen molar-refractivity contribution in [3.63, 3.8) is 0 Å². The van der Waals surface area contributed by atoms with Crippen LogP contribution in [0, 0.1) is 0 Å². The number of hydrogen-bond acceptors (Lipinski definition) is 1. The third-order valence-electron chi connectivity index (χ3n) is 4.11. The Hall–Kier alpha value is -1.17. The van der Waals surface area contributed by atoms with Crippen LogP contribution in [0.25, 0.3) is 0 Å². The van der Waals surface area contributed by atoms with Crippen molar-refractivity contribution in [1.29, 1.82) is 0 Å². The van der Waals surface area contributed by atoms with E-state index in [1.54, 1.807) is 0 Å². The minimum absolute atomic E-state index is 0.849. The van der Waals surface area contributed by atoms with Gasteiger partial charge >= 0.3 is 0 Å². The summed E-state index contributed by atoms with van der Waals surface area (Å²) in [5.74, 6) is 0. The SMILES string of the molecule is CCc1ccc(NC(=S)N(CCC[NH+](C)C)CCC[NH+](C)C)cc1. The molecule has 1 aromatic rings.